The molecular formula is C16H16F3N3O2. The van der Waals surface area contributed by atoms with E-state index >= 15 is 0 Å². The largest absolute Gasteiger partial charge is 0.462 e. The smallest absolute Gasteiger partial charge is 0.434 e. The van der Waals surface area contributed by atoms with Gasteiger partial charge >= 0.3 is 12.1 Å². The molecule has 1 aromatic carbocycles. The first kappa shape index (κ1) is 16.4. The molecule has 1 aromatic heterocycles. The van der Waals surface area contributed by atoms with Crippen molar-refractivity contribution in [3.8, 4) is 5.69 Å². The molecular weight excluding hydrogens is 323 g/mol. The zero-order valence-electron chi connectivity index (χ0n) is 13.0. The third-order valence-electron chi connectivity index (χ3n) is 3.83. The number of rotatable bonds is 3. The number of anilines is 1. The van der Waals surface area contributed by atoms with Crippen LogP contribution in [0.4, 0.5) is 18.9 Å². The maximum Gasteiger partial charge on any atom is 0.434 e. The Morgan fingerprint density at radius 1 is 1.42 bits per heavy atom. The summed E-state index contributed by atoms with van der Waals surface area (Å²) in [6.45, 7) is 2.30. The fraction of sp³-hybridized carbons (Fsp3) is 0.375. The summed E-state index contributed by atoms with van der Waals surface area (Å²) in [6.07, 6.45) is -2.36. The molecule has 0 fully saturated rings. The Balaban J connectivity index is 2.18. The average Bonchev–Trinajstić information content (AvgIpc) is 3.00. The van der Waals surface area contributed by atoms with Crippen LogP contribution in [0.5, 0.6) is 0 Å². The Labute approximate surface area is 136 Å². The number of esters is 1. The van der Waals surface area contributed by atoms with E-state index in [1.165, 1.54) is 6.92 Å². The second-order valence-corrected chi connectivity index (χ2v) is 5.37. The summed E-state index contributed by atoms with van der Waals surface area (Å²) in [5.41, 5.74) is 0.182. The Morgan fingerprint density at radius 3 is 2.92 bits per heavy atom. The minimum Gasteiger partial charge on any atom is -0.462 e. The lowest BCUT2D eigenvalue weighted by Gasteiger charge is -2.22. The number of nitrogens with zero attached hydrogens (tertiary/aromatic N) is 2. The number of hydrogen-bond donors (Lipinski definition) is 1. The summed E-state index contributed by atoms with van der Waals surface area (Å²) < 4.78 is 46.2. The van der Waals surface area contributed by atoms with Gasteiger partial charge in [-0.2, -0.15) is 18.3 Å². The van der Waals surface area contributed by atoms with Crippen LogP contribution in [0.15, 0.2) is 24.4 Å². The normalized spacial score (nSPS) is 14.0. The van der Waals surface area contributed by atoms with Gasteiger partial charge < -0.3 is 10.1 Å². The number of carbonyl (C=O) groups excluding carboxylic acids is 1. The molecule has 1 aliphatic rings. The zero-order chi connectivity index (χ0) is 17.3. The maximum atomic E-state index is 13.6. The van der Waals surface area contributed by atoms with Gasteiger partial charge in [0.1, 0.15) is 5.56 Å². The highest BCUT2D eigenvalue weighted by Gasteiger charge is 2.41. The average molecular weight is 339 g/mol. The van der Waals surface area contributed by atoms with Gasteiger partial charge in [-0.15, -0.1) is 0 Å². The molecule has 1 N–H and O–H groups in total. The molecule has 0 saturated carbocycles. The molecule has 0 atom stereocenters. The van der Waals surface area contributed by atoms with Gasteiger partial charge in [0.2, 0.25) is 0 Å². The molecule has 0 spiro atoms. The number of hydrogen-bond acceptors (Lipinski definition) is 4. The third kappa shape index (κ3) is 2.83. The van der Waals surface area contributed by atoms with E-state index in [-0.39, 0.29) is 6.61 Å². The number of ether oxygens (including phenoxy) is 1. The first-order valence-corrected chi connectivity index (χ1v) is 7.62. The molecule has 3 rings (SSSR count). The molecule has 5 nitrogen and oxygen atoms in total. The summed E-state index contributed by atoms with van der Waals surface area (Å²) in [6, 6.07) is 5.06. The fourth-order valence-corrected chi connectivity index (χ4v) is 2.85. The number of carbonyl (C=O) groups is 1. The molecule has 0 amide bonds. The first-order valence-electron chi connectivity index (χ1n) is 7.62. The van der Waals surface area contributed by atoms with E-state index in [1.807, 2.05) is 6.07 Å². The van der Waals surface area contributed by atoms with Crippen LogP contribution in [-0.4, -0.2) is 28.9 Å². The number of benzene rings is 1. The number of aromatic nitrogens is 2. The van der Waals surface area contributed by atoms with Crippen LogP contribution in [0.2, 0.25) is 0 Å². The van der Waals surface area contributed by atoms with Crippen molar-refractivity contribution in [1.29, 1.82) is 0 Å². The summed E-state index contributed by atoms with van der Waals surface area (Å²) in [5, 5.41) is 7.00. The van der Waals surface area contributed by atoms with Crippen molar-refractivity contribution in [2.24, 2.45) is 0 Å². The fourth-order valence-electron chi connectivity index (χ4n) is 2.85. The molecule has 2 heterocycles. The van der Waals surface area contributed by atoms with Crippen molar-refractivity contribution in [2.45, 2.75) is 25.9 Å². The quantitative estimate of drug-likeness (QED) is 0.871. The maximum absolute atomic E-state index is 13.6. The molecule has 0 saturated heterocycles. The van der Waals surface area contributed by atoms with Gasteiger partial charge in [-0.1, -0.05) is 6.07 Å². The van der Waals surface area contributed by atoms with Gasteiger partial charge in [0.25, 0.3) is 0 Å². The number of halogens is 3. The Hall–Kier alpha value is -2.51. The summed E-state index contributed by atoms with van der Waals surface area (Å²) in [5.74, 6) is -1.03. The van der Waals surface area contributed by atoms with Gasteiger partial charge in [-0.3, -0.25) is 0 Å². The van der Waals surface area contributed by atoms with E-state index in [0.29, 0.717) is 12.1 Å². The molecule has 2 aromatic rings. The van der Waals surface area contributed by atoms with Crippen LogP contribution in [-0.2, 0) is 17.3 Å². The SMILES string of the molecule is CCOC(=O)c1cnn(-c2cccc3c2CCCN3)c1C(F)(F)F. The second-order valence-electron chi connectivity index (χ2n) is 5.37. The van der Waals surface area contributed by atoms with Crippen molar-refractivity contribution >= 4 is 11.7 Å². The van der Waals surface area contributed by atoms with Crippen molar-refractivity contribution in [3.05, 3.63) is 41.2 Å². The van der Waals surface area contributed by atoms with E-state index in [1.54, 1.807) is 12.1 Å². The lowest BCUT2D eigenvalue weighted by Crippen LogP contribution is -2.20. The summed E-state index contributed by atoms with van der Waals surface area (Å²) >= 11 is 0. The molecule has 24 heavy (non-hydrogen) atoms. The first-order chi connectivity index (χ1) is 11.4. The standard InChI is InChI=1S/C16H16F3N3O2/c1-2-24-15(23)11-9-21-22(14(11)16(17,18)19)13-7-3-6-12-10(13)5-4-8-20-12/h3,6-7,9,20H,2,4-5,8H2,1H3. The van der Waals surface area contributed by atoms with E-state index < -0.39 is 23.4 Å². The minimum atomic E-state index is -4.73. The van der Waals surface area contributed by atoms with E-state index in [2.05, 4.69) is 10.4 Å². The van der Waals surface area contributed by atoms with Crippen molar-refractivity contribution in [2.75, 3.05) is 18.5 Å². The van der Waals surface area contributed by atoms with Crippen LogP contribution < -0.4 is 5.32 Å². The topological polar surface area (TPSA) is 56.1 Å². The van der Waals surface area contributed by atoms with Gasteiger partial charge in [0.15, 0.2) is 5.69 Å². The molecule has 0 bridgehead atoms. The predicted octanol–water partition coefficient (Wildman–Crippen LogP) is 3.43. The van der Waals surface area contributed by atoms with Crippen LogP contribution in [0, 0.1) is 0 Å². The highest BCUT2D eigenvalue weighted by atomic mass is 19.4. The lowest BCUT2D eigenvalue weighted by atomic mass is 10.0. The molecule has 0 aliphatic carbocycles. The minimum absolute atomic E-state index is 0.00797. The van der Waals surface area contributed by atoms with Gasteiger partial charge in [0.05, 0.1) is 18.5 Å². The molecule has 128 valence electrons. The van der Waals surface area contributed by atoms with Crippen molar-refractivity contribution in [3.63, 3.8) is 0 Å². The van der Waals surface area contributed by atoms with Crippen LogP contribution in [0.3, 0.4) is 0 Å². The van der Waals surface area contributed by atoms with Gasteiger partial charge in [0, 0.05) is 17.8 Å². The monoisotopic (exact) mass is 339 g/mol. The van der Waals surface area contributed by atoms with Gasteiger partial charge in [-0.25, -0.2) is 9.48 Å². The predicted molar refractivity (Wildman–Crippen MR) is 81.3 cm³/mol. The van der Waals surface area contributed by atoms with Crippen LogP contribution in [0.1, 0.15) is 35.0 Å². The molecule has 0 radical (unpaired) electrons. The van der Waals surface area contributed by atoms with Crippen LogP contribution in [0.25, 0.3) is 5.69 Å². The zero-order valence-corrected chi connectivity index (χ0v) is 13.0. The number of nitrogens with one attached hydrogen (secondary N) is 1. The van der Waals surface area contributed by atoms with Crippen molar-refractivity contribution < 1.29 is 22.7 Å². The number of fused-ring (bicyclic) bond motifs is 1. The third-order valence-corrected chi connectivity index (χ3v) is 3.83. The second kappa shape index (κ2) is 6.18. The van der Waals surface area contributed by atoms with E-state index in [4.69, 9.17) is 4.74 Å². The Bertz CT molecular complexity index is 768. The van der Waals surface area contributed by atoms with Crippen molar-refractivity contribution in [1.82, 2.24) is 9.78 Å². The summed E-state index contributed by atoms with van der Waals surface area (Å²) in [4.78, 5) is 11.9. The Morgan fingerprint density at radius 2 is 2.21 bits per heavy atom. The van der Waals surface area contributed by atoms with E-state index in [9.17, 15) is 18.0 Å². The van der Waals surface area contributed by atoms with Gasteiger partial charge in [-0.05, 0) is 31.9 Å². The summed E-state index contributed by atoms with van der Waals surface area (Å²) in [7, 11) is 0. The lowest BCUT2D eigenvalue weighted by molar-refractivity contribution is -0.143. The van der Waals surface area contributed by atoms with E-state index in [0.717, 1.165) is 35.1 Å². The molecule has 8 heteroatoms. The highest BCUT2D eigenvalue weighted by Crippen LogP contribution is 2.36. The van der Waals surface area contributed by atoms with Crippen LogP contribution >= 0.6 is 0 Å². The molecule has 0 unspecified atom stereocenters. The Kier molecular flexibility index (Phi) is 4.21. The highest BCUT2D eigenvalue weighted by molar-refractivity contribution is 5.91. The number of alkyl halides is 3. The molecule has 1 aliphatic heterocycles.